The molecular weight excluding hydrogens is 394 g/mol. The van der Waals surface area contributed by atoms with E-state index < -0.39 is 0 Å². The topological polar surface area (TPSA) is 72.2 Å². The number of nitrogens with one attached hydrogen (secondary N) is 1. The fraction of sp³-hybridized carbons (Fsp3) is 0.522. The van der Waals surface area contributed by atoms with E-state index in [2.05, 4.69) is 27.0 Å². The molecule has 2 fully saturated rings. The number of rotatable bonds is 4. The smallest absolute Gasteiger partial charge is 0.277 e. The van der Waals surface area contributed by atoms with Gasteiger partial charge in [-0.15, -0.1) is 0 Å². The maximum atomic E-state index is 13.1. The summed E-state index contributed by atoms with van der Waals surface area (Å²) in [6.45, 7) is 5.95. The lowest BCUT2D eigenvalue weighted by Gasteiger charge is -2.35. The molecule has 164 valence electrons. The van der Waals surface area contributed by atoms with Crippen LogP contribution in [0.1, 0.15) is 30.9 Å². The van der Waals surface area contributed by atoms with Crippen molar-refractivity contribution in [3.05, 3.63) is 42.2 Å². The third-order valence-electron chi connectivity index (χ3n) is 6.50. The zero-order valence-corrected chi connectivity index (χ0v) is 17.8. The molecule has 8 heteroatoms. The van der Waals surface area contributed by atoms with Gasteiger partial charge in [0.15, 0.2) is 18.0 Å². The molecule has 0 saturated carbocycles. The highest BCUT2D eigenvalue weighted by Gasteiger charge is 2.34. The van der Waals surface area contributed by atoms with Crippen LogP contribution in [-0.2, 0) is 4.79 Å². The minimum Gasteiger partial charge on any atom is -0.490 e. The third-order valence-corrected chi connectivity index (χ3v) is 6.50. The summed E-state index contributed by atoms with van der Waals surface area (Å²) in [5.41, 5.74) is 1.25. The van der Waals surface area contributed by atoms with Gasteiger partial charge >= 0.3 is 0 Å². The minimum absolute atomic E-state index is 0.241. The molecule has 0 aliphatic carbocycles. The SMILES string of the molecule is O=C(C[NH+]1CCC[C@H]1c1ccc2c(c1)OCCCO2)N1CCN(c2ncccn2)CC1. The number of ether oxygens (including phenoxy) is 2. The van der Waals surface area contributed by atoms with Crippen LogP contribution in [0, 0.1) is 0 Å². The summed E-state index contributed by atoms with van der Waals surface area (Å²) in [6.07, 6.45) is 6.66. The molecule has 1 aromatic heterocycles. The lowest BCUT2D eigenvalue weighted by molar-refractivity contribution is -0.910. The van der Waals surface area contributed by atoms with Crippen molar-refractivity contribution < 1.29 is 19.2 Å². The predicted octanol–water partition coefficient (Wildman–Crippen LogP) is 0.707. The van der Waals surface area contributed by atoms with E-state index in [0.717, 1.165) is 69.4 Å². The van der Waals surface area contributed by atoms with E-state index >= 15 is 0 Å². The summed E-state index contributed by atoms with van der Waals surface area (Å²) in [5, 5.41) is 0. The third kappa shape index (κ3) is 4.44. The molecule has 0 bridgehead atoms. The van der Waals surface area contributed by atoms with Crippen LogP contribution in [0.4, 0.5) is 5.95 Å². The van der Waals surface area contributed by atoms with Crippen LogP contribution in [-0.4, -0.2) is 73.3 Å². The number of likely N-dealkylation sites (tertiary alicyclic amines) is 1. The molecule has 3 aliphatic rings. The predicted molar refractivity (Wildman–Crippen MR) is 116 cm³/mol. The lowest BCUT2D eigenvalue weighted by atomic mass is 10.0. The first-order valence-electron chi connectivity index (χ1n) is 11.3. The molecular formula is C23H30N5O3+. The minimum atomic E-state index is 0.241. The molecule has 1 unspecified atom stereocenters. The molecule has 1 amide bonds. The van der Waals surface area contributed by atoms with Crippen molar-refractivity contribution in [1.29, 1.82) is 0 Å². The van der Waals surface area contributed by atoms with Crippen LogP contribution in [0.3, 0.4) is 0 Å². The second-order valence-electron chi connectivity index (χ2n) is 8.45. The second-order valence-corrected chi connectivity index (χ2v) is 8.45. The molecule has 1 N–H and O–H groups in total. The number of nitrogens with zero attached hydrogens (tertiary/aromatic N) is 4. The number of aromatic nitrogens is 2. The quantitative estimate of drug-likeness (QED) is 0.780. The standard InChI is InChI=1S/C23H29N5O3/c29-22(26-10-12-27(13-11-26)23-24-7-2-8-25-23)17-28-9-1-4-19(28)18-5-6-20-21(16-18)31-15-3-14-30-20/h2,5-8,16,19H,1,3-4,9-15,17H2/p+1/t19-/m0/s1. The van der Waals surface area contributed by atoms with Gasteiger partial charge in [0.05, 0.1) is 19.8 Å². The van der Waals surface area contributed by atoms with Gasteiger partial charge in [-0.25, -0.2) is 9.97 Å². The van der Waals surface area contributed by atoms with E-state index in [0.29, 0.717) is 25.8 Å². The van der Waals surface area contributed by atoms with E-state index in [4.69, 9.17) is 9.47 Å². The van der Waals surface area contributed by atoms with Crippen LogP contribution in [0.15, 0.2) is 36.7 Å². The number of hydrogen-bond acceptors (Lipinski definition) is 6. The van der Waals surface area contributed by atoms with Crippen LogP contribution in [0.2, 0.25) is 0 Å². The molecule has 2 atom stereocenters. The summed E-state index contributed by atoms with van der Waals surface area (Å²) >= 11 is 0. The Hall–Kier alpha value is -2.87. The number of amides is 1. The maximum Gasteiger partial charge on any atom is 0.277 e. The Kier molecular flexibility index (Phi) is 5.88. The Balaban J connectivity index is 1.20. The molecule has 4 heterocycles. The molecule has 2 aromatic rings. The van der Waals surface area contributed by atoms with Crippen molar-refractivity contribution in [3.63, 3.8) is 0 Å². The van der Waals surface area contributed by atoms with Crippen LogP contribution in [0.25, 0.3) is 0 Å². The van der Waals surface area contributed by atoms with Crippen LogP contribution < -0.4 is 19.3 Å². The first-order valence-corrected chi connectivity index (χ1v) is 11.3. The second kappa shape index (κ2) is 9.09. The molecule has 8 nitrogen and oxygen atoms in total. The van der Waals surface area contributed by atoms with E-state index in [1.165, 1.54) is 10.5 Å². The number of hydrogen-bond donors (Lipinski definition) is 1. The van der Waals surface area contributed by atoms with Gasteiger partial charge in [-0.2, -0.15) is 0 Å². The fourth-order valence-electron chi connectivity index (χ4n) is 4.84. The van der Waals surface area contributed by atoms with Crippen molar-refractivity contribution in [2.24, 2.45) is 0 Å². The number of piperazine rings is 1. The summed E-state index contributed by atoms with van der Waals surface area (Å²) in [6, 6.07) is 8.45. The van der Waals surface area contributed by atoms with Gasteiger partial charge in [0.1, 0.15) is 6.04 Å². The number of carbonyl (C=O) groups excluding carboxylic acids is 1. The van der Waals surface area contributed by atoms with Crippen molar-refractivity contribution in [2.75, 3.05) is 57.4 Å². The van der Waals surface area contributed by atoms with E-state index in [-0.39, 0.29) is 5.91 Å². The van der Waals surface area contributed by atoms with E-state index in [1.54, 1.807) is 12.4 Å². The Morgan fingerprint density at radius 3 is 2.61 bits per heavy atom. The largest absolute Gasteiger partial charge is 0.490 e. The zero-order chi connectivity index (χ0) is 21.0. The van der Waals surface area contributed by atoms with Gasteiger partial charge in [0.2, 0.25) is 5.95 Å². The van der Waals surface area contributed by atoms with E-state index in [1.807, 2.05) is 17.0 Å². The van der Waals surface area contributed by atoms with Gasteiger partial charge < -0.3 is 24.2 Å². The molecule has 1 aromatic carbocycles. The monoisotopic (exact) mass is 424 g/mol. The highest BCUT2D eigenvalue weighted by atomic mass is 16.5. The molecule has 0 radical (unpaired) electrons. The summed E-state index contributed by atoms with van der Waals surface area (Å²) in [4.78, 5) is 27.2. The van der Waals surface area contributed by atoms with Gasteiger partial charge in [-0.05, 0) is 24.3 Å². The normalized spacial score (nSPS) is 23.5. The molecule has 3 aliphatic heterocycles. The Morgan fingerprint density at radius 1 is 1.03 bits per heavy atom. The summed E-state index contributed by atoms with van der Waals surface area (Å²) in [7, 11) is 0. The van der Waals surface area contributed by atoms with Crippen molar-refractivity contribution >= 4 is 11.9 Å². The number of fused-ring (bicyclic) bond motifs is 1. The van der Waals surface area contributed by atoms with Crippen molar-refractivity contribution in [1.82, 2.24) is 14.9 Å². The zero-order valence-electron chi connectivity index (χ0n) is 17.8. The number of carbonyl (C=O) groups is 1. The highest BCUT2D eigenvalue weighted by molar-refractivity contribution is 5.77. The van der Waals surface area contributed by atoms with Crippen LogP contribution >= 0.6 is 0 Å². The Labute approximate surface area is 182 Å². The van der Waals surface area contributed by atoms with Gasteiger partial charge in [0.25, 0.3) is 5.91 Å². The highest BCUT2D eigenvalue weighted by Crippen LogP contribution is 2.33. The average Bonchev–Trinajstić information content (AvgIpc) is 3.15. The number of quaternary nitrogens is 1. The van der Waals surface area contributed by atoms with Gasteiger partial charge in [-0.3, -0.25) is 4.79 Å². The van der Waals surface area contributed by atoms with Crippen molar-refractivity contribution in [2.45, 2.75) is 25.3 Å². The Bertz CT molecular complexity index is 901. The molecule has 0 spiro atoms. The number of anilines is 1. The summed E-state index contributed by atoms with van der Waals surface area (Å²) in [5.74, 6) is 2.66. The van der Waals surface area contributed by atoms with Crippen LogP contribution in [0.5, 0.6) is 11.5 Å². The van der Waals surface area contributed by atoms with Gasteiger partial charge in [0, 0.05) is 63.4 Å². The maximum absolute atomic E-state index is 13.1. The Morgan fingerprint density at radius 2 is 1.81 bits per heavy atom. The summed E-state index contributed by atoms with van der Waals surface area (Å²) < 4.78 is 11.7. The van der Waals surface area contributed by atoms with Gasteiger partial charge in [-0.1, -0.05) is 0 Å². The average molecular weight is 425 g/mol. The number of benzene rings is 1. The first kappa shape index (κ1) is 20.1. The first-order chi connectivity index (χ1) is 15.3. The molecule has 5 rings (SSSR count). The molecule has 2 saturated heterocycles. The van der Waals surface area contributed by atoms with E-state index in [9.17, 15) is 4.79 Å². The fourth-order valence-corrected chi connectivity index (χ4v) is 4.84. The molecule has 31 heavy (non-hydrogen) atoms. The lowest BCUT2D eigenvalue weighted by Crippen LogP contribution is -3.11. The van der Waals surface area contributed by atoms with Crippen molar-refractivity contribution in [3.8, 4) is 11.5 Å².